The highest BCUT2D eigenvalue weighted by molar-refractivity contribution is 7.90. The lowest BCUT2D eigenvalue weighted by atomic mass is 10.1. The highest BCUT2D eigenvalue weighted by atomic mass is 35.5. The zero-order valence-electron chi connectivity index (χ0n) is 14.1. The number of rotatable bonds is 4. The Kier molecular flexibility index (Phi) is 5.29. The molecule has 0 bridgehead atoms. The Labute approximate surface area is 160 Å². The van der Waals surface area contributed by atoms with Crippen LogP contribution in [0.15, 0.2) is 46.7 Å². The number of ether oxygens (including phenoxy) is 1. The zero-order valence-corrected chi connectivity index (χ0v) is 15.7. The van der Waals surface area contributed by atoms with Gasteiger partial charge in [0.15, 0.2) is 17.1 Å². The number of nitrogens with zero attached hydrogens (tertiary/aromatic N) is 3. The molecule has 0 unspecified atom stereocenters. The summed E-state index contributed by atoms with van der Waals surface area (Å²) in [5.41, 5.74) is 0.237. The van der Waals surface area contributed by atoms with Crippen molar-refractivity contribution in [3.8, 4) is 0 Å². The van der Waals surface area contributed by atoms with E-state index in [0.717, 1.165) is 0 Å². The summed E-state index contributed by atoms with van der Waals surface area (Å²) < 4.78 is 32.3. The van der Waals surface area contributed by atoms with E-state index in [1.54, 1.807) is 24.4 Å². The molecule has 1 aromatic rings. The molecule has 1 N–H and O–H groups in total. The Morgan fingerprint density at radius 3 is 2.93 bits per heavy atom. The summed E-state index contributed by atoms with van der Waals surface area (Å²) >= 11 is 5.88. The van der Waals surface area contributed by atoms with Crippen molar-refractivity contribution in [1.82, 2.24) is 9.88 Å². The molecule has 11 heteroatoms. The van der Waals surface area contributed by atoms with Gasteiger partial charge >= 0.3 is 5.97 Å². The second-order valence-corrected chi connectivity index (χ2v) is 7.81. The van der Waals surface area contributed by atoms with Crippen molar-refractivity contribution in [3.63, 3.8) is 0 Å². The Morgan fingerprint density at radius 1 is 1.41 bits per heavy atom. The van der Waals surface area contributed by atoms with Gasteiger partial charge in [0.1, 0.15) is 5.57 Å². The number of halogens is 1. The van der Waals surface area contributed by atoms with E-state index in [0.29, 0.717) is 0 Å². The molecule has 2 aliphatic rings. The number of nitrogens with one attached hydrogen (secondary N) is 1. The van der Waals surface area contributed by atoms with Gasteiger partial charge in [-0.1, -0.05) is 11.6 Å². The van der Waals surface area contributed by atoms with Crippen LogP contribution < -0.4 is 5.32 Å². The third kappa shape index (κ3) is 4.34. The number of amides is 1. The van der Waals surface area contributed by atoms with E-state index >= 15 is 0 Å². The van der Waals surface area contributed by atoms with Gasteiger partial charge in [0.2, 0.25) is 0 Å². The van der Waals surface area contributed by atoms with Crippen LogP contribution >= 0.6 is 11.6 Å². The molecule has 1 amide bonds. The van der Waals surface area contributed by atoms with Gasteiger partial charge in [0.05, 0.1) is 11.4 Å². The Hall–Kier alpha value is -2.72. The van der Waals surface area contributed by atoms with Crippen LogP contribution in [0, 0.1) is 0 Å². The number of carbonyl (C=O) groups is 2. The van der Waals surface area contributed by atoms with Crippen molar-refractivity contribution in [1.29, 1.82) is 0 Å². The lowest BCUT2D eigenvalue weighted by Gasteiger charge is -2.28. The first-order chi connectivity index (χ1) is 12.8. The SMILES string of the molecule is C[C@@H](OC(=O)C1=CC=CN2CCS(=O)(=O)N=C12)C(=O)Nc1cccnc1Cl. The number of hydrogen-bond acceptors (Lipinski definition) is 7. The van der Waals surface area contributed by atoms with Crippen LogP contribution in [0.1, 0.15) is 6.92 Å². The molecule has 0 fully saturated rings. The molecule has 3 heterocycles. The van der Waals surface area contributed by atoms with E-state index in [-0.39, 0.29) is 34.5 Å². The molecule has 0 saturated carbocycles. The maximum absolute atomic E-state index is 12.5. The first-order valence-corrected chi connectivity index (χ1v) is 9.86. The van der Waals surface area contributed by atoms with Gasteiger partial charge in [-0.3, -0.25) is 4.79 Å². The largest absolute Gasteiger partial charge is 0.449 e. The molecular formula is C16H15ClN4O5S. The number of esters is 1. The Bertz CT molecular complexity index is 986. The second kappa shape index (κ2) is 7.49. The molecule has 27 heavy (non-hydrogen) atoms. The number of anilines is 1. The van der Waals surface area contributed by atoms with Crippen LogP contribution in [0.4, 0.5) is 5.69 Å². The van der Waals surface area contributed by atoms with Gasteiger partial charge in [-0.15, -0.1) is 4.40 Å². The monoisotopic (exact) mass is 410 g/mol. The fourth-order valence-corrected chi connectivity index (χ4v) is 3.52. The predicted molar refractivity (Wildman–Crippen MR) is 98.6 cm³/mol. The molecule has 9 nitrogen and oxygen atoms in total. The highest BCUT2D eigenvalue weighted by Crippen LogP contribution is 2.20. The third-order valence-electron chi connectivity index (χ3n) is 3.75. The standard InChI is InChI=1S/C16H15ClN4O5S/c1-10(15(22)19-12-5-2-6-18-13(12)17)26-16(23)11-4-3-7-21-8-9-27(24,25)20-14(11)21/h2-7,10H,8-9H2,1H3,(H,19,22)/t10-/m1/s1. The van der Waals surface area contributed by atoms with Crippen LogP contribution in [0.2, 0.25) is 5.15 Å². The predicted octanol–water partition coefficient (Wildman–Crippen LogP) is 1.10. The summed E-state index contributed by atoms with van der Waals surface area (Å²) in [7, 11) is -3.65. The summed E-state index contributed by atoms with van der Waals surface area (Å²) in [5, 5.41) is 2.61. The number of allylic oxidation sites excluding steroid dienone is 2. The molecule has 1 aromatic heterocycles. The minimum absolute atomic E-state index is 0.0170. The zero-order chi connectivity index (χ0) is 19.6. The lowest BCUT2D eigenvalue weighted by Crippen LogP contribution is -2.41. The highest BCUT2D eigenvalue weighted by Gasteiger charge is 2.32. The topological polar surface area (TPSA) is 118 Å². The molecule has 0 aromatic carbocycles. The van der Waals surface area contributed by atoms with E-state index in [4.69, 9.17) is 16.3 Å². The molecule has 0 radical (unpaired) electrons. The summed E-state index contributed by atoms with van der Waals surface area (Å²) in [5.74, 6) is -1.63. The first-order valence-electron chi connectivity index (χ1n) is 7.87. The maximum atomic E-state index is 12.5. The van der Waals surface area contributed by atoms with Gasteiger partial charge < -0.3 is 15.0 Å². The number of carbonyl (C=O) groups excluding carboxylic acids is 2. The number of aromatic nitrogens is 1. The van der Waals surface area contributed by atoms with E-state index in [1.165, 1.54) is 24.1 Å². The van der Waals surface area contributed by atoms with Gasteiger partial charge in [-0.2, -0.15) is 0 Å². The summed E-state index contributed by atoms with van der Waals surface area (Å²) in [6, 6.07) is 3.14. The van der Waals surface area contributed by atoms with Gasteiger partial charge in [0.25, 0.3) is 15.9 Å². The smallest absolute Gasteiger partial charge is 0.342 e. The van der Waals surface area contributed by atoms with Crippen LogP contribution in [0.3, 0.4) is 0 Å². The molecule has 3 rings (SSSR count). The van der Waals surface area contributed by atoms with Crippen molar-refractivity contribution in [2.45, 2.75) is 13.0 Å². The van der Waals surface area contributed by atoms with Crippen molar-refractivity contribution in [2.75, 3.05) is 17.6 Å². The van der Waals surface area contributed by atoms with Crippen molar-refractivity contribution >= 4 is 45.0 Å². The first kappa shape index (κ1) is 19.1. The maximum Gasteiger partial charge on any atom is 0.342 e. The van der Waals surface area contributed by atoms with Gasteiger partial charge in [0, 0.05) is 18.9 Å². The lowest BCUT2D eigenvalue weighted by molar-refractivity contribution is -0.148. The Balaban J connectivity index is 1.72. The molecule has 2 aliphatic heterocycles. The number of pyridine rings is 1. The fourth-order valence-electron chi connectivity index (χ4n) is 2.37. The van der Waals surface area contributed by atoms with Crippen LogP contribution in [-0.2, 0) is 24.3 Å². The minimum atomic E-state index is -3.65. The van der Waals surface area contributed by atoms with Crippen molar-refractivity contribution in [3.05, 3.63) is 47.4 Å². The van der Waals surface area contributed by atoms with Gasteiger partial charge in [-0.05, 0) is 31.2 Å². The van der Waals surface area contributed by atoms with Crippen molar-refractivity contribution < 1.29 is 22.7 Å². The second-order valence-electron chi connectivity index (χ2n) is 5.69. The molecule has 142 valence electrons. The van der Waals surface area contributed by atoms with Crippen molar-refractivity contribution in [2.24, 2.45) is 4.40 Å². The van der Waals surface area contributed by atoms with Crippen LogP contribution in [0.25, 0.3) is 0 Å². The summed E-state index contributed by atoms with van der Waals surface area (Å²) in [6.45, 7) is 1.56. The van der Waals surface area contributed by atoms with E-state index in [9.17, 15) is 18.0 Å². The number of fused-ring (bicyclic) bond motifs is 1. The Morgan fingerprint density at radius 2 is 2.19 bits per heavy atom. The minimum Gasteiger partial charge on any atom is -0.449 e. The van der Waals surface area contributed by atoms with Gasteiger partial charge in [-0.25, -0.2) is 18.2 Å². The average molecular weight is 411 g/mol. The van der Waals surface area contributed by atoms with E-state index < -0.39 is 28.0 Å². The molecular weight excluding hydrogens is 396 g/mol. The number of hydrogen-bond donors (Lipinski definition) is 1. The van der Waals surface area contributed by atoms with E-state index in [1.807, 2.05) is 0 Å². The molecule has 1 atom stereocenters. The average Bonchev–Trinajstić information content (AvgIpc) is 2.62. The molecule has 0 aliphatic carbocycles. The van der Waals surface area contributed by atoms with Crippen LogP contribution in [-0.4, -0.2) is 54.4 Å². The third-order valence-corrected chi connectivity index (χ3v) is 5.20. The molecule has 0 saturated heterocycles. The fraction of sp³-hybridized carbons (Fsp3) is 0.250. The normalized spacial score (nSPS) is 18.7. The summed E-state index contributed by atoms with van der Waals surface area (Å²) in [4.78, 5) is 30.0. The van der Waals surface area contributed by atoms with E-state index in [2.05, 4.69) is 14.7 Å². The number of amidine groups is 1. The molecule has 0 spiro atoms. The number of sulfonamides is 1. The summed E-state index contributed by atoms with van der Waals surface area (Å²) in [6.07, 6.45) is 4.89. The quantitative estimate of drug-likeness (QED) is 0.583. The van der Waals surface area contributed by atoms with Crippen LogP contribution in [0.5, 0.6) is 0 Å².